The average Bonchev–Trinajstić information content (AvgIpc) is 2.89. The standard InChI is InChI=1S/C20H33NO4/c1-4-24-10-6-9-21-12-15-17-16(25-19(15)23)11-14-8-5-7-13(2)20(14,3)18(17)22/h8,13,15-18,21-22H,4-7,9-12H2,1-3H3/t13-,15+,16+,17-,18+,20+/m1/s1. The van der Waals surface area contributed by atoms with Gasteiger partial charge in [0, 0.05) is 37.5 Å². The molecule has 0 aromatic rings. The Labute approximate surface area is 151 Å². The zero-order valence-electron chi connectivity index (χ0n) is 15.8. The summed E-state index contributed by atoms with van der Waals surface area (Å²) in [6.07, 6.45) is 5.46. The van der Waals surface area contributed by atoms with Crippen molar-refractivity contribution in [1.29, 1.82) is 0 Å². The van der Waals surface area contributed by atoms with Gasteiger partial charge in [0.25, 0.3) is 0 Å². The lowest BCUT2D eigenvalue weighted by molar-refractivity contribution is -0.144. The first-order chi connectivity index (χ1) is 12.0. The van der Waals surface area contributed by atoms with Gasteiger partial charge in [-0.3, -0.25) is 4.79 Å². The molecule has 0 aromatic carbocycles. The molecule has 2 aliphatic carbocycles. The molecule has 3 rings (SSSR count). The van der Waals surface area contributed by atoms with E-state index in [-0.39, 0.29) is 29.3 Å². The Morgan fingerprint density at radius 3 is 3.04 bits per heavy atom. The number of carbonyl (C=O) groups excluding carboxylic acids is 1. The minimum atomic E-state index is -0.519. The molecule has 3 aliphatic rings. The maximum absolute atomic E-state index is 12.4. The second-order valence-corrected chi connectivity index (χ2v) is 8.05. The third-order valence-electron chi connectivity index (χ3n) is 6.78. The van der Waals surface area contributed by atoms with Crippen LogP contribution in [0.25, 0.3) is 0 Å². The van der Waals surface area contributed by atoms with Crippen LogP contribution in [-0.2, 0) is 14.3 Å². The van der Waals surface area contributed by atoms with E-state index in [1.54, 1.807) is 0 Å². The van der Waals surface area contributed by atoms with Crippen molar-refractivity contribution in [3.8, 4) is 0 Å². The number of esters is 1. The summed E-state index contributed by atoms with van der Waals surface area (Å²) >= 11 is 0. The summed E-state index contributed by atoms with van der Waals surface area (Å²) in [5, 5.41) is 14.6. The predicted molar refractivity (Wildman–Crippen MR) is 96.1 cm³/mol. The summed E-state index contributed by atoms with van der Waals surface area (Å²) in [7, 11) is 0. The number of rotatable bonds is 7. The topological polar surface area (TPSA) is 67.8 Å². The molecule has 6 atom stereocenters. The summed E-state index contributed by atoms with van der Waals surface area (Å²) in [6, 6.07) is 0. The van der Waals surface area contributed by atoms with Crippen LogP contribution in [0.2, 0.25) is 0 Å². The Morgan fingerprint density at radius 2 is 2.28 bits per heavy atom. The van der Waals surface area contributed by atoms with Crippen molar-refractivity contribution < 1.29 is 19.4 Å². The van der Waals surface area contributed by atoms with E-state index in [1.807, 2.05) is 6.92 Å². The molecule has 0 bridgehead atoms. The van der Waals surface area contributed by atoms with E-state index in [0.29, 0.717) is 12.5 Å². The van der Waals surface area contributed by atoms with Crippen molar-refractivity contribution in [2.75, 3.05) is 26.3 Å². The second-order valence-electron chi connectivity index (χ2n) is 8.05. The van der Waals surface area contributed by atoms with Crippen LogP contribution < -0.4 is 5.32 Å². The monoisotopic (exact) mass is 351 g/mol. The van der Waals surface area contributed by atoms with E-state index >= 15 is 0 Å². The lowest BCUT2D eigenvalue weighted by Gasteiger charge is -2.51. The highest BCUT2D eigenvalue weighted by Crippen LogP contribution is 2.55. The molecule has 1 saturated carbocycles. The Bertz CT molecular complexity index is 520. The highest BCUT2D eigenvalue weighted by molar-refractivity contribution is 5.76. The van der Waals surface area contributed by atoms with Crippen LogP contribution in [0.4, 0.5) is 0 Å². The fourth-order valence-corrected chi connectivity index (χ4v) is 5.00. The number of nitrogens with one attached hydrogen (secondary N) is 1. The molecule has 0 unspecified atom stereocenters. The van der Waals surface area contributed by atoms with Crippen molar-refractivity contribution in [1.82, 2.24) is 5.32 Å². The molecule has 25 heavy (non-hydrogen) atoms. The highest BCUT2D eigenvalue weighted by Gasteiger charge is 2.59. The third-order valence-corrected chi connectivity index (χ3v) is 6.78. The number of fused-ring (bicyclic) bond motifs is 2. The molecule has 5 nitrogen and oxygen atoms in total. The number of aliphatic hydroxyl groups is 1. The molecule has 1 saturated heterocycles. The maximum Gasteiger partial charge on any atom is 0.311 e. The fraction of sp³-hybridized carbons (Fsp3) is 0.850. The van der Waals surface area contributed by atoms with Crippen LogP contribution in [-0.4, -0.2) is 49.6 Å². The Morgan fingerprint density at radius 1 is 1.48 bits per heavy atom. The summed E-state index contributed by atoms with van der Waals surface area (Å²) in [5.74, 6) is -0.0741. The minimum Gasteiger partial charge on any atom is -0.461 e. The lowest BCUT2D eigenvalue weighted by atomic mass is 9.55. The predicted octanol–water partition coefficient (Wildman–Crippen LogP) is 2.29. The van der Waals surface area contributed by atoms with Gasteiger partial charge in [-0.15, -0.1) is 0 Å². The minimum absolute atomic E-state index is 0.102. The van der Waals surface area contributed by atoms with Crippen molar-refractivity contribution in [2.24, 2.45) is 23.2 Å². The molecule has 0 aromatic heterocycles. The molecule has 5 heteroatoms. The van der Waals surface area contributed by atoms with Crippen molar-refractivity contribution in [3.05, 3.63) is 11.6 Å². The van der Waals surface area contributed by atoms with Crippen molar-refractivity contribution in [3.63, 3.8) is 0 Å². The lowest BCUT2D eigenvalue weighted by Crippen LogP contribution is -2.54. The van der Waals surface area contributed by atoms with E-state index in [4.69, 9.17) is 9.47 Å². The van der Waals surface area contributed by atoms with Crippen LogP contribution in [0, 0.1) is 23.2 Å². The first kappa shape index (κ1) is 18.9. The summed E-state index contributed by atoms with van der Waals surface area (Å²) in [5.41, 5.74) is 1.07. The van der Waals surface area contributed by atoms with E-state index < -0.39 is 6.10 Å². The van der Waals surface area contributed by atoms with E-state index in [9.17, 15) is 9.90 Å². The van der Waals surface area contributed by atoms with Crippen molar-refractivity contribution >= 4 is 5.97 Å². The van der Waals surface area contributed by atoms with E-state index in [0.717, 1.165) is 45.4 Å². The number of carbonyl (C=O) groups is 1. The van der Waals surface area contributed by atoms with Crippen molar-refractivity contribution in [2.45, 2.75) is 58.7 Å². The molecule has 2 fully saturated rings. The number of aliphatic hydroxyl groups excluding tert-OH is 1. The van der Waals surface area contributed by atoms with Gasteiger partial charge in [0.2, 0.25) is 0 Å². The maximum atomic E-state index is 12.4. The Balaban J connectivity index is 1.66. The van der Waals surface area contributed by atoms with E-state index in [2.05, 4.69) is 25.2 Å². The van der Waals surface area contributed by atoms with Crippen LogP contribution >= 0.6 is 0 Å². The Hall–Kier alpha value is -0.910. The van der Waals surface area contributed by atoms with Gasteiger partial charge in [-0.1, -0.05) is 25.5 Å². The second kappa shape index (κ2) is 7.77. The van der Waals surface area contributed by atoms with Crippen LogP contribution in [0.15, 0.2) is 11.6 Å². The molecule has 1 aliphatic heterocycles. The zero-order chi connectivity index (χ0) is 18.0. The normalized spacial score (nSPS) is 40.2. The smallest absolute Gasteiger partial charge is 0.311 e. The van der Waals surface area contributed by atoms with Gasteiger partial charge < -0.3 is 19.9 Å². The number of hydrogen-bond donors (Lipinski definition) is 2. The fourth-order valence-electron chi connectivity index (χ4n) is 5.00. The van der Waals surface area contributed by atoms with Gasteiger partial charge in [-0.05, 0) is 38.6 Å². The number of ether oxygens (including phenoxy) is 2. The molecule has 0 spiro atoms. The van der Waals surface area contributed by atoms with Gasteiger partial charge in [0.05, 0.1) is 12.0 Å². The van der Waals surface area contributed by atoms with Gasteiger partial charge in [0.15, 0.2) is 0 Å². The quantitative estimate of drug-likeness (QED) is 0.418. The first-order valence-electron chi connectivity index (χ1n) is 9.86. The van der Waals surface area contributed by atoms with Gasteiger partial charge in [-0.2, -0.15) is 0 Å². The summed E-state index contributed by atoms with van der Waals surface area (Å²) in [4.78, 5) is 12.4. The molecular formula is C20H33NO4. The SMILES string of the molecule is CCOCCCNC[C@@H]1C(=O)O[C@H]2CC3=CCC[C@@H](C)[C@]3(C)[C@@H](O)[C@@H]21. The van der Waals surface area contributed by atoms with E-state index in [1.165, 1.54) is 5.57 Å². The highest BCUT2D eigenvalue weighted by atomic mass is 16.6. The largest absolute Gasteiger partial charge is 0.461 e. The zero-order valence-corrected chi connectivity index (χ0v) is 15.8. The third kappa shape index (κ3) is 3.38. The van der Waals surface area contributed by atoms with Crippen LogP contribution in [0.5, 0.6) is 0 Å². The number of hydrogen-bond acceptors (Lipinski definition) is 5. The first-order valence-corrected chi connectivity index (χ1v) is 9.86. The van der Waals surface area contributed by atoms with Crippen LogP contribution in [0.1, 0.15) is 46.5 Å². The molecule has 0 amide bonds. The van der Waals surface area contributed by atoms with Gasteiger partial charge in [-0.25, -0.2) is 0 Å². The molecule has 0 radical (unpaired) electrons. The molecule has 1 heterocycles. The van der Waals surface area contributed by atoms with Crippen LogP contribution in [0.3, 0.4) is 0 Å². The molecule has 2 N–H and O–H groups in total. The molecular weight excluding hydrogens is 318 g/mol. The Kier molecular flexibility index (Phi) is 5.86. The van der Waals surface area contributed by atoms with Gasteiger partial charge >= 0.3 is 5.97 Å². The average molecular weight is 351 g/mol. The molecule has 142 valence electrons. The van der Waals surface area contributed by atoms with Gasteiger partial charge in [0.1, 0.15) is 6.10 Å². The summed E-state index contributed by atoms with van der Waals surface area (Å²) in [6.45, 7) is 9.26. The number of allylic oxidation sites excluding steroid dienone is 1. The summed E-state index contributed by atoms with van der Waals surface area (Å²) < 4.78 is 11.0.